The van der Waals surface area contributed by atoms with E-state index in [1.54, 1.807) is 6.33 Å². The molecule has 0 spiro atoms. The van der Waals surface area contributed by atoms with Gasteiger partial charge in [-0.15, -0.1) is 0 Å². The van der Waals surface area contributed by atoms with Crippen LogP contribution < -0.4 is 10.2 Å². The Bertz CT molecular complexity index is 476. The monoisotopic (exact) mass is 219 g/mol. The van der Waals surface area contributed by atoms with Crippen molar-refractivity contribution in [1.29, 1.82) is 0 Å². The Morgan fingerprint density at radius 2 is 2.25 bits per heavy atom. The van der Waals surface area contributed by atoms with E-state index in [0.717, 1.165) is 24.6 Å². The maximum Gasteiger partial charge on any atom is 0.157 e. The van der Waals surface area contributed by atoms with Crippen LogP contribution in [0.5, 0.6) is 0 Å². The summed E-state index contributed by atoms with van der Waals surface area (Å²) in [4.78, 5) is 6.38. The van der Waals surface area contributed by atoms with E-state index in [9.17, 15) is 0 Å². The molecule has 0 radical (unpaired) electrons. The van der Waals surface area contributed by atoms with Crippen molar-refractivity contribution in [1.82, 2.24) is 19.9 Å². The van der Waals surface area contributed by atoms with Gasteiger partial charge < -0.3 is 10.2 Å². The van der Waals surface area contributed by atoms with Gasteiger partial charge in [0.15, 0.2) is 5.65 Å². The van der Waals surface area contributed by atoms with Crippen molar-refractivity contribution >= 4 is 11.5 Å². The lowest BCUT2D eigenvalue weighted by molar-refractivity contribution is 0.749. The van der Waals surface area contributed by atoms with Gasteiger partial charge in [-0.3, -0.25) is 0 Å². The summed E-state index contributed by atoms with van der Waals surface area (Å²) in [7, 11) is 4.02. The molecule has 0 aliphatic heterocycles. The fraction of sp³-hybridized carbons (Fsp3) is 0.455. The van der Waals surface area contributed by atoms with Crippen LogP contribution in [-0.4, -0.2) is 41.8 Å². The molecule has 5 heteroatoms. The number of pyridine rings is 1. The number of nitrogens with one attached hydrogen (secondary N) is 1. The SMILES string of the molecule is CNCCN(C)c1cc(C)cc2ncnn12. The van der Waals surface area contributed by atoms with Crippen LogP contribution in [0.1, 0.15) is 5.56 Å². The third-order valence-electron chi connectivity index (χ3n) is 2.59. The maximum atomic E-state index is 4.23. The Hall–Kier alpha value is -1.62. The molecule has 1 N–H and O–H groups in total. The number of fused-ring (bicyclic) bond motifs is 1. The first-order valence-corrected chi connectivity index (χ1v) is 5.38. The molecule has 2 aromatic rings. The third-order valence-corrected chi connectivity index (χ3v) is 2.59. The fourth-order valence-corrected chi connectivity index (χ4v) is 1.70. The van der Waals surface area contributed by atoms with Crippen LogP contribution in [0.25, 0.3) is 5.65 Å². The average molecular weight is 219 g/mol. The van der Waals surface area contributed by atoms with E-state index in [4.69, 9.17) is 0 Å². The summed E-state index contributed by atoms with van der Waals surface area (Å²) >= 11 is 0. The quantitative estimate of drug-likeness (QED) is 0.822. The molecule has 5 nitrogen and oxygen atoms in total. The first-order valence-electron chi connectivity index (χ1n) is 5.38. The molecule has 0 saturated heterocycles. The van der Waals surface area contributed by atoms with Gasteiger partial charge in [0.05, 0.1) is 0 Å². The highest BCUT2D eigenvalue weighted by Gasteiger charge is 2.07. The minimum atomic E-state index is 0.895. The van der Waals surface area contributed by atoms with Gasteiger partial charge in [-0.1, -0.05) is 0 Å². The fourth-order valence-electron chi connectivity index (χ4n) is 1.70. The summed E-state index contributed by atoms with van der Waals surface area (Å²) in [6.07, 6.45) is 1.59. The zero-order valence-electron chi connectivity index (χ0n) is 9.94. The van der Waals surface area contributed by atoms with Crippen LogP contribution in [-0.2, 0) is 0 Å². The minimum Gasteiger partial charge on any atom is -0.358 e. The van der Waals surface area contributed by atoms with Gasteiger partial charge in [-0.05, 0) is 31.7 Å². The highest BCUT2D eigenvalue weighted by atomic mass is 15.4. The number of anilines is 1. The molecule has 0 atom stereocenters. The predicted octanol–water partition coefficient (Wildman–Crippen LogP) is 0.693. The Morgan fingerprint density at radius 1 is 1.44 bits per heavy atom. The van der Waals surface area contributed by atoms with Gasteiger partial charge in [0.25, 0.3) is 0 Å². The number of likely N-dealkylation sites (N-methyl/N-ethyl adjacent to an activating group) is 2. The highest BCUT2D eigenvalue weighted by molar-refractivity contribution is 5.52. The molecule has 0 bridgehead atoms. The smallest absolute Gasteiger partial charge is 0.157 e. The molecule has 0 aromatic carbocycles. The summed E-state index contributed by atoms with van der Waals surface area (Å²) in [5.41, 5.74) is 2.10. The van der Waals surface area contributed by atoms with Crippen molar-refractivity contribution in [3.8, 4) is 0 Å². The summed E-state index contributed by atoms with van der Waals surface area (Å²) in [5, 5.41) is 7.37. The number of nitrogens with zero attached hydrogens (tertiary/aromatic N) is 4. The predicted molar refractivity (Wildman–Crippen MR) is 64.9 cm³/mol. The van der Waals surface area contributed by atoms with E-state index in [2.05, 4.69) is 40.3 Å². The Labute approximate surface area is 95.1 Å². The van der Waals surface area contributed by atoms with E-state index in [0.29, 0.717) is 0 Å². The topological polar surface area (TPSA) is 45.5 Å². The zero-order valence-corrected chi connectivity index (χ0v) is 9.94. The zero-order chi connectivity index (χ0) is 11.5. The van der Waals surface area contributed by atoms with Crippen molar-refractivity contribution in [2.24, 2.45) is 0 Å². The third kappa shape index (κ3) is 1.99. The van der Waals surface area contributed by atoms with Gasteiger partial charge in [-0.2, -0.15) is 9.61 Å². The standard InChI is InChI=1S/C11H17N5/c1-9-6-10-13-8-14-16(10)11(7-9)15(3)5-4-12-2/h6-8,12H,4-5H2,1-3H3. The van der Waals surface area contributed by atoms with Crippen molar-refractivity contribution < 1.29 is 0 Å². The van der Waals surface area contributed by atoms with Gasteiger partial charge in [0.1, 0.15) is 12.1 Å². The molecule has 0 saturated carbocycles. The van der Waals surface area contributed by atoms with Crippen LogP contribution in [0.2, 0.25) is 0 Å². The molecule has 2 aromatic heterocycles. The van der Waals surface area contributed by atoms with Crippen molar-refractivity contribution in [2.75, 3.05) is 32.1 Å². The maximum absolute atomic E-state index is 4.23. The van der Waals surface area contributed by atoms with Gasteiger partial charge in [0.2, 0.25) is 0 Å². The molecule has 0 fully saturated rings. The van der Waals surface area contributed by atoms with Crippen molar-refractivity contribution in [2.45, 2.75) is 6.92 Å². The first kappa shape index (κ1) is 10.9. The Balaban J connectivity index is 2.38. The van der Waals surface area contributed by atoms with Crippen LogP contribution in [0.15, 0.2) is 18.5 Å². The van der Waals surface area contributed by atoms with Gasteiger partial charge >= 0.3 is 0 Å². The number of aryl methyl sites for hydroxylation is 1. The highest BCUT2D eigenvalue weighted by Crippen LogP contribution is 2.16. The molecule has 2 rings (SSSR count). The minimum absolute atomic E-state index is 0.895. The second kappa shape index (κ2) is 4.49. The lowest BCUT2D eigenvalue weighted by atomic mass is 10.3. The molecule has 0 amide bonds. The van der Waals surface area contributed by atoms with Crippen LogP contribution in [0.3, 0.4) is 0 Å². The molecule has 16 heavy (non-hydrogen) atoms. The molecule has 86 valence electrons. The lowest BCUT2D eigenvalue weighted by Gasteiger charge is -2.20. The van der Waals surface area contributed by atoms with Gasteiger partial charge in [0, 0.05) is 20.1 Å². The number of rotatable bonds is 4. The normalized spacial score (nSPS) is 10.9. The van der Waals surface area contributed by atoms with E-state index in [-0.39, 0.29) is 0 Å². The molecule has 2 heterocycles. The summed E-state index contributed by atoms with van der Waals surface area (Å²) in [6, 6.07) is 4.15. The molecule has 0 aliphatic rings. The second-order valence-corrected chi connectivity index (χ2v) is 3.95. The number of hydrogen-bond donors (Lipinski definition) is 1. The van der Waals surface area contributed by atoms with Crippen molar-refractivity contribution in [3.63, 3.8) is 0 Å². The van der Waals surface area contributed by atoms with Gasteiger partial charge in [-0.25, -0.2) is 4.98 Å². The summed E-state index contributed by atoms with van der Waals surface area (Å²) in [6.45, 7) is 3.96. The molecular weight excluding hydrogens is 202 g/mol. The Morgan fingerprint density at radius 3 is 3.00 bits per heavy atom. The average Bonchev–Trinajstić information content (AvgIpc) is 2.72. The van der Waals surface area contributed by atoms with E-state index >= 15 is 0 Å². The first-order chi connectivity index (χ1) is 7.72. The molecule has 0 aliphatic carbocycles. The van der Waals surface area contributed by atoms with E-state index in [1.807, 2.05) is 17.6 Å². The lowest BCUT2D eigenvalue weighted by Crippen LogP contribution is -2.28. The second-order valence-electron chi connectivity index (χ2n) is 3.95. The van der Waals surface area contributed by atoms with Crippen LogP contribution >= 0.6 is 0 Å². The summed E-state index contributed by atoms with van der Waals surface area (Å²) < 4.78 is 1.86. The molecular formula is C11H17N5. The van der Waals surface area contributed by atoms with E-state index in [1.165, 1.54) is 5.56 Å². The Kier molecular flexibility index (Phi) is 3.05. The number of hydrogen-bond acceptors (Lipinski definition) is 4. The summed E-state index contributed by atoms with van der Waals surface area (Å²) in [5.74, 6) is 1.07. The number of aromatic nitrogens is 3. The van der Waals surface area contributed by atoms with Crippen molar-refractivity contribution in [3.05, 3.63) is 24.0 Å². The molecule has 0 unspecified atom stereocenters. The van der Waals surface area contributed by atoms with Crippen LogP contribution in [0.4, 0.5) is 5.82 Å². The van der Waals surface area contributed by atoms with Crippen LogP contribution in [0, 0.1) is 6.92 Å². The van der Waals surface area contributed by atoms with E-state index < -0.39 is 0 Å². The largest absolute Gasteiger partial charge is 0.358 e.